The maximum Gasteiger partial charge on any atom is 0.323 e. The number of aryl methyl sites for hydroxylation is 2. The number of hydrogen-bond donors (Lipinski definition) is 7. The van der Waals surface area contributed by atoms with Crippen LogP contribution in [0.25, 0.3) is 43.6 Å². The quantitative estimate of drug-likeness (QED) is 0.0590. The van der Waals surface area contributed by atoms with E-state index >= 15 is 0 Å². The van der Waals surface area contributed by atoms with Crippen LogP contribution >= 0.6 is 23.2 Å². The Morgan fingerprint density at radius 2 is 1.25 bits per heavy atom. The third-order valence-corrected chi connectivity index (χ3v) is 12.5. The minimum absolute atomic E-state index is 0.0605. The second-order valence-corrected chi connectivity index (χ2v) is 16.0. The van der Waals surface area contributed by atoms with Gasteiger partial charge >= 0.3 is 6.03 Å². The van der Waals surface area contributed by atoms with Crippen molar-refractivity contribution in [2.24, 2.45) is 0 Å². The largest absolute Gasteiger partial charge is 0.506 e. The van der Waals surface area contributed by atoms with Gasteiger partial charge in [0.05, 0.1) is 22.4 Å². The number of carbonyl (C=O) groups excluding carboxylic acids is 4. The number of hydrogen-bond acceptors (Lipinski definition) is 6. The molecule has 4 amide bonds. The first-order valence-electron chi connectivity index (χ1n) is 19.2. The van der Waals surface area contributed by atoms with Crippen molar-refractivity contribution >= 4 is 114 Å². The lowest BCUT2D eigenvalue weighted by molar-refractivity contribution is -0.120. The third-order valence-electron chi connectivity index (χ3n) is 11.7. The number of phenols is 1. The van der Waals surface area contributed by atoms with Gasteiger partial charge in [0.25, 0.3) is 18.3 Å². The van der Waals surface area contributed by atoms with E-state index in [1.54, 1.807) is 70.5 Å². The minimum Gasteiger partial charge on any atom is -0.506 e. The van der Waals surface area contributed by atoms with Gasteiger partial charge in [-0.1, -0.05) is 0 Å². The van der Waals surface area contributed by atoms with Crippen LogP contribution < -0.4 is 25.2 Å². The number of rotatable bonds is 8. The average molecular weight is 844 g/mol. The van der Waals surface area contributed by atoms with Crippen molar-refractivity contribution in [1.29, 1.82) is 0 Å². The van der Waals surface area contributed by atoms with Crippen LogP contribution in [-0.2, 0) is 4.79 Å². The average Bonchev–Trinajstić information content (AvgIpc) is 4.10. The van der Waals surface area contributed by atoms with E-state index in [1.807, 2.05) is 26.2 Å². The smallest absolute Gasteiger partial charge is 0.323 e. The van der Waals surface area contributed by atoms with Crippen molar-refractivity contribution in [3.8, 4) is 11.5 Å². The molecule has 0 saturated heterocycles. The predicted molar refractivity (Wildman–Crippen MR) is 234 cm³/mol. The summed E-state index contributed by atoms with van der Waals surface area (Å²) in [5, 5.41) is 19.7. The fourth-order valence-corrected chi connectivity index (χ4v) is 9.56. The number of phenolic OH excluding ortho intramolecular Hbond substituents is 1. The van der Waals surface area contributed by atoms with E-state index in [0.29, 0.717) is 104 Å². The molecule has 8 aromatic rings. The molecule has 0 fully saturated rings. The van der Waals surface area contributed by atoms with Crippen molar-refractivity contribution in [3.63, 3.8) is 0 Å². The van der Waals surface area contributed by atoms with E-state index in [0.717, 1.165) is 33.0 Å². The number of alkyl halides is 2. The van der Waals surface area contributed by atoms with Gasteiger partial charge in [-0.15, -0.1) is 23.2 Å². The van der Waals surface area contributed by atoms with Crippen LogP contribution in [-0.4, -0.2) is 74.2 Å². The summed E-state index contributed by atoms with van der Waals surface area (Å²) in [6.07, 6.45) is 3.67. The number of benzene rings is 4. The Labute approximate surface area is 350 Å². The Morgan fingerprint density at radius 3 is 1.77 bits per heavy atom. The Bertz CT molecular complexity index is 3130. The van der Waals surface area contributed by atoms with E-state index < -0.39 is 6.03 Å². The number of anilines is 4. The first-order valence-corrected chi connectivity index (χ1v) is 20.3. The van der Waals surface area contributed by atoms with Crippen molar-refractivity contribution in [2.45, 2.75) is 25.7 Å². The number of amides is 4. The van der Waals surface area contributed by atoms with E-state index in [4.69, 9.17) is 27.9 Å². The summed E-state index contributed by atoms with van der Waals surface area (Å²) < 4.78 is 5.31. The van der Waals surface area contributed by atoms with Gasteiger partial charge in [-0.25, -0.2) is 4.79 Å². The Kier molecular flexibility index (Phi) is 8.81. The number of aromatic hydroxyl groups is 1. The summed E-state index contributed by atoms with van der Waals surface area (Å²) >= 11 is 12.8. The summed E-state index contributed by atoms with van der Waals surface area (Å²) in [4.78, 5) is 68.7. The van der Waals surface area contributed by atoms with E-state index in [9.17, 15) is 24.3 Å². The Balaban J connectivity index is 0.853. The summed E-state index contributed by atoms with van der Waals surface area (Å²) in [5.41, 5.74) is 9.44. The molecular weight excluding hydrogens is 807 g/mol. The number of H-pyrrole nitrogens is 4. The molecule has 302 valence electrons. The van der Waals surface area contributed by atoms with Crippen molar-refractivity contribution in [2.75, 3.05) is 45.3 Å². The molecule has 2 aliphatic heterocycles. The van der Waals surface area contributed by atoms with Gasteiger partial charge in [-0.05, 0) is 84.6 Å². The highest BCUT2D eigenvalue weighted by molar-refractivity contribution is 6.20. The predicted octanol–water partition coefficient (Wildman–Crippen LogP) is 9.08. The second-order valence-electron chi connectivity index (χ2n) is 15.4. The molecule has 2 unspecified atom stereocenters. The van der Waals surface area contributed by atoms with Crippen molar-refractivity contribution in [3.05, 3.63) is 107 Å². The molecule has 0 spiro atoms. The van der Waals surface area contributed by atoms with Gasteiger partial charge in [0.15, 0.2) is 5.75 Å². The van der Waals surface area contributed by atoms with E-state index in [1.165, 1.54) is 0 Å². The molecule has 0 aliphatic carbocycles. The van der Waals surface area contributed by atoms with Gasteiger partial charge in [0, 0.05) is 105 Å². The fourth-order valence-electron chi connectivity index (χ4n) is 9.05. The monoisotopic (exact) mass is 842 g/mol. The molecule has 10 rings (SSSR count). The molecule has 60 heavy (non-hydrogen) atoms. The highest BCUT2D eigenvalue weighted by atomic mass is 35.5. The van der Waals surface area contributed by atoms with Crippen LogP contribution in [0.15, 0.2) is 73.1 Å². The Morgan fingerprint density at radius 1 is 0.750 bits per heavy atom. The van der Waals surface area contributed by atoms with Crippen LogP contribution in [0.1, 0.15) is 55.1 Å². The molecule has 14 nitrogen and oxygen atoms in total. The zero-order valence-electron chi connectivity index (χ0n) is 32.1. The molecule has 7 N–H and O–H groups in total. The molecule has 16 heteroatoms. The van der Waals surface area contributed by atoms with Crippen LogP contribution in [0.4, 0.5) is 27.5 Å². The molecule has 4 aromatic carbocycles. The Hall–Kier alpha value is -6.90. The minimum atomic E-state index is -0.486. The van der Waals surface area contributed by atoms with E-state index in [2.05, 4.69) is 30.6 Å². The molecule has 0 radical (unpaired) electrons. The van der Waals surface area contributed by atoms with Crippen LogP contribution in [0.3, 0.4) is 0 Å². The van der Waals surface area contributed by atoms with Gasteiger partial charge < -0.3 is 50.2 Å². The number of urea groups is 1. The molecule has 2 aliphatic rings. The SMILES string of the molecule is Cc1c[nH]c2c(O)cc3c(c12)C(CCl)CN3C(=O)c1cc2cc(NC(=O)Nc3ccc4[nH]c(C(=O)N5CC(CCl)c6c5cc(OC=O)c5[nH]cc(C)c65)cc4c3)ccc2[nH]1. The number of nitrogens with one attached hydrogen (secondary N) is 6. The van der Waals surface area contributed by atoms with Gasteiger partial charge in [0.1, 0.15) is 17.1 Å². The number of halogens is 2. The summed E-state index contributed by atoms with van der Waals surface area (Å²) in [6.45, 7) is 4.99. The molecule has 0 bridgehead atoms. The number of fused-ring (bicyclic) bond motifs is 8. The number of aromatic amines is 4. The van der Waals surface area contributed by atoms with Crippen LogP contribution in [0.5, 0.6) is 11.5 Å². The first-order chi connectivity index (χ1) is 29.0. The topological polar surface area (TPSA) is 191 Å². The van der Waals surface area contributed by atoms with Crippen LogP contribution in [0.2, 0.25) is 0 Å². The second kappa shape index (κ2) is 14.1. The summed E-state index contributed by atoms with van der Waals surface area (Å²) in [6, 6.07) is 16.9. The van der Waals surface area contributed by atoms with Gasteiger partial charge in [-0.2, -0.15) is 0 Å². The number of ether oxygens (including phenoxy) is 1. The standard InChI is InChI=1S/C44H36Cl2N8O6/c1-20-15-47-40-34(56)11-32-38(36(20)40)24(13-45)17-53(32)42(57)30-9-22-7-26(3-5-28(22)51-30)49-44(59)50-27-4-6-29-23(8-27)10-31(52-29)43(58)54-18-25(14-46)39-33(54)12-35(60-19-55)41-37(39)21(2)16-48-41/h3-12,15-16,19,24-25,47-48,51-52,56H,13-14,17-18H2,1-2H3,(H2,49,50,59). The summed E-state index contributed by atoms with van der Waals surface area (Å²) in [7, 11) is 0. The van der Waals surface area contributed by atoms with Gasteiger partial charge in [-0.3, -0.25) is 14.4 Å². The zero-order chi connectivity index (χ0) is 41.6. The lowest BCUT2D eigenvalue weighted by Gasteiger charge is -2.17. The molecule has 2 atom stereocenters. The molecule has 6 heterocycles. The van der Waals surface area contributed by atoms with Crippen molar-refractivity contribution < 1.29 is 29.0 Å². The highest BCUT2D eigenvalue weighted by Crippen LogP contribution is 2.48. The molecular formula is C44H36Cl2N8O6. The lowest BCUT2D eigenvalue weighted by Crippen LogP contribution is -2.30. The zero-order valence-corrected chi connectivity index (χ0v) is 33.6. The summed E-state index contributed by atoms with van der Waals surface area (Å²) in [5.74, 6) is 0.202. The van der Waals surface area contributed by atoms with Crippen LogP contribution in [0, 0.1) is 13.8 Å². The highest BCUT2D eigenvalue weighted by Gasteiger charge is 2.38. The number of carbonyl (C=O) groups is 4. The molecule has 4 aromatic heterocycles. The molecule has 0 saturated carbocycles. The first kappa shape index (κ1) is 37.4. The number of nitrogens with zero attached hydrogens (tertiary/aromatic N) is 2. The maximum atomic E-state index is 14.1. The fraction of sp³-hybridized carbons (Fsp3) is 0.182. The maximum absolute atomic E-state index is 14.1. The third kappa shape index (κ3) is 5.85. The normalized spacial score (nSPS) is 15.9. The lowest BCUT2D eigenvalue weighted by atomic mass is 9.97. The number of aromatic nitrogens is 4. The van der Waals surface area contributed by atoms with Crippen molar-refractivity contribution in [1.82, 2.24) is 19.9 Å². The van der Waals surface area contributed by atoms with Gasteiger partial charge in [0.2, 0.25) is 0 Å². The van der Waals surface area contributed by atoms with E-state index in [-0.39, 0.29) is 29.4 Å².